The second kappa shape index (κ2) is 7.38. The van der Waals surface area contributed by atoms with Crippen LogP contribution in [0.2, 0.25) is 0 Å². The van der Waals surface area contributed by atoms with Gasteiger partial charge in [-0.25, -0.2) is 0 Å². The average molecular weight is 238 g/mol. The van der Waals surface area contributed by atoms with Crippen LogP contribution in [-0.2, 0) is 0 Å². The summed E-state index contributed by atoms with van der Waals surface area (Å²) in [5.74, 6) is 0. The van der Waals surface area contributed by atoms with Crippen LogP contribution in [0.3, 0.4) is 0 Å². The number of fused-ring (bicyclic) bond motifs is 1. The van der Waals surface area contributed by atoms with E-state index in [4.69, 9.17) is 0 Å². The van der Waals surface area contributed by atoms with Crippen LogP contribution >= 0.6 is 0 Å². The molecule has 2 saturated heterocycles. The maximum atomic E-state index is 2.71. The molecule has 2 aliphatic heterocycles. The molecule has 0 amide bonds. The fourth-order valence-corrected chi connectivity index (χ4v) is 3.34. The van der Waals surface area contributed by atoms with Crippen molar-refractivity contribution in [3.63, 3.8) is 0 Å². The third-order valence-corrected chi connectivity index (χ3v) is 4.43. The van der Waals surface area contributed by atoms with Gasteiger partial charge in [0.15, 0.2) is 0 Å². The first kappa shape index (κ1) is 13.4. The maximum Gasteiger partial charge on any atom is 0.0510 e. The maximum absolute atomic E-state index is 2.71. The molecule has 1 unspecified atom stereocenters. The molecule has 0 aromatic heterocycles. The van der Waals surface area contributed by atoms with Crippen LogP contribution in [0.4, 0.5) is 0 Å². The molecular formula is C15H30N2. The molecule has 0 aromatic carbocycles. The minimum atomic E-state index is 0.906. The smallest absolute Gasteiger partial charge is 0.0510 e. The van der Waals surface area contributed by atoms with E-state index >= 15 is 0 Å². The molecule has 1 atom stereocenters. The first-order valence-corrected chi connectivity index (χ1v) is 7.86. The second-order valence-corrected chi connectivity index (χ2v) is 5.95. The van der Waals surface area contributed by atoms with Crippen molar-refractivity contribution in [2.75, 3.05) is 26.3 Å². The van der Waals surface area contributed by atoms with Gasteiger partial charge in [0, 0.05) is 12.6 Å². The highest BCUT2D eigenvalue weighted by Crippen LogP contribution is 2.23. The van der Waals surface area contributed by atoms with E-state index in [-0.39, 0.29) is 0 Å². The molecule has 2 heteroatoms. The normalized spacial score (nSPS) is 26.3. The summed E-state index contributed by atoms with van der Waals surface area (Å²) >= 11 is 0. The molecule has 0 aliphatic carbocycles. The fraction of sp³-hybridized carbons (Fsp3) is 1.00. The van der Waals surface area contributed by atoms with Crippen LogP contribution in [0.1, 0.15) is 64.7 Å². The van der Waals surface area contributed by atoms with E-state index in [0.717, 1.165) is 6.04 Å². The second-order valence-electron chi connectivity index (χ2n) is 5.95. The number of rotatable bonds is 7. The summed E-state index contributed by atoms with van der Waals surface area (Å²) in [4.78, 5) is 5.40. The van der Waals surface area contributed by atoms with Gasteiger partial charge in [-0.15, -0.1) is 0 Å². The first-order valence-electron chi connectivity index (χ1n) is 7.86. The number of hydrogen-bond donors (Lipinski definition) is 0. The van der Waals surface area contributed by atoms with Crippen LogP contribution in [-0.4, -0.2) is 42.1 Å². The van der Waals surface area contributed by atoms with E-state index in [1.807, 2.05) is 0 Å². The Balaban J connectivity index is 1.52. The predicted molar refractivity (Wildman–Crippen MR) is 74.2 cm³/mol. The molecule has 2 heterocycles. The summed E-state index contributed by atoms with van der Waals surface area (Å²) in [5, 5.41) is 0. The van der Waals surface area contributed by atoms with Gasteiger partial charge in [0.2, 0.25) is 0 Å². The molecule has 0 saturated carbocycles. The van der Waals surface area contributed by atoms with E-state index in [1.54, 1.807) is 0 Å². The number of piperidine rings is 1. The van der Waals surface area contributed by atoms with Gasteiger partial charge in [0.05, 0.1) is 6.67 Å². The van der Waals surface area contributed by atoms with E-state index in [9.17, 15) is 0 Å². The zero-order valence-corrected chi connectivity index (χ0v) is 11.7. The standard InChI is InChI=1S/C15H30N2/c1-2-3-4-5-6-8-11-16-13-15-10-7-9-12-17(15)14-16/h15H,2-14H2,1H3. The van der Waals surface area contributed by atoms with Gasteiger partial charge >= 0.3 is 0 Å². The van der Waals surface area contributed by atoms with Gasteiger partial charge in [-0.1, -0.05) is 45.4 Å². The molecule has 0 N–H and O–H groups in total. The van der Waals surface area contributed by atoms with Crippen LogP contribution in [0.15, 0.2) is 0 Å². The van der Waals surface area contributed by atoms with Crippen molar-refractivity contribution < 1.29 is 0 Å². The quantitative estimate of drug-likeness (QED) is 0.627. The number of hydrogen-bond acceptors (Lipinski definition) is 2. The molecule has 0 aromatic rings. The van der Waals surface area contributed by atoms with Crippen LogP contribution in [0.25, 0.3) is 0 Å². The summed E-state index contributed by atoms with van der Waals surface area (Å²) in [6.45, 7) is 7.62. The van der Waals surface area contributed by atoms with Gasteiger partial charge in [0.25, 0.3) is 0 Å². The van der Waals surface area contributed by atoms with Crippen molar-refractivity contribution in [3.05, 3.63) is 0 Å². The molecule has 0 spiro atoms. The van der Waals surface area contributed by atoms with Gasteiger partial charge in [-0.3, -0.25) is 9.80 Å². The Morgan fingerprint density at radius 2 is 1.82 bits per heavy atom. The topological polar surface area (TPSA) is 6.48 Å². The van der Waals surface area contributed by atoms with E-state index < -0.39 is 0 Å². The Bertz CT molecular complexity index is 191. The summed E-state index contributed by atoms with van der Waals surface area (Å²) in [6, 6.07) is 0.906. The minimum Gasteiger partial charge on any atom is -0.289 e. The van der Waals surface area contributed by atoms with Crippen molar-refractivity contribution in [1.29, 1.82) is 0 Å². The Hall–Kier alpha value is -0.0800. The number of unbranched alkanes of at least 4 members (excludes halogenated alkanes) is 5. The van der Waals surface area contributed by atoms with Gasteiger partial charge in [0.1, 0.15) is 0 Å². The zero-order valence-electron chi connectivity index (χ0n) is 11.7. The largest absolute Gasteiger partial charge is 0.289 e. The molecule has 0 bridgehead atoms. The predicted octanol–water partition coefficient (Wildman–Crippen LogP) is 3.47. The molecule has 17 heavy (non-hydrogen) atoms. The zero-order chi connectivity index (χ0) is 11.9. The van der Waals surface area contributed by atoms with Crippen molar-refractivity contribution in [1.82, 2.24) is 9.80 Å². The van der Waals surface area contributed by atoms with Gasteiger partial charge in [-0.2, -0.15) is 0 Å². The van der Waals surface area contributed by atoms with Crippen molar-refractivity contribution in [2.24, 2.45) is 0 Å². The molecule has 0 radical (unpaired) electrons. The fourth-order valence-electron chi connectivity index (χ4n) is 3.34. The number of nitrogens with zero attached hydrogens (tertiary/aromatic N) is 2. The third-order valence-electron chi connectivity index (χ3n) is 4.43. The highest BCUT2D eigenvalue weighted by atomic mass is 15.4. The van der Waals surface area contributed by atoms with Crippen molar-refractivity contribution >= 4 is 0 Å². The van der Waals surface area contributed by atoms with Crippen molar-refractivity contribution in [2.45, 2.75) is 70.8 Å². The lowest BCUT2D eigenvalue weighted by molar-refractivity contribution is 0.184. The Morgan fingerprint density at radius 1 is 1.00 bits per heavy atom. The molecular weight excluding hydrogens is 208 g/mol. The van der Waals surface area contributed by atoms with Gasteiger partial charge in [-0.05, 0) is 32.4 Å². The molecule has 2 fully saturated rings. The molecule has 2 nitrogen and oxygen atoms in total. The lowest BCUT2D eigenvalue weighted by Gasteiger charge is -2.27. The molecule has 100 valence electrons. The molecule has 2 aliphatic rings. The highest BCUT2D eigenvalue weighted by molar-refractivity contribution is 4.85. The SMILES string of the molecule is CCCCCCCCN1CC2CCCCN2C1. The Kier molecular flexibility index (Phi) is 5.79. The summed E-state index contributed by atoms with van der Waals surface area (Å²) in [5.41, 5.74) is 0. The third kappa shape index (κ3) is 4.26. The van der Waals surface area contributed by atoms with Crippen LogP contribution in [0.5, 0.6) is 0 Å². The minimum absolute atomic E-state index is 0.906. The lowest BCUT2D eigenvalue weighted by Crippen LogP contribution is -2.35. The van der Waals surface area contributed by atoms with Gasteiger partial charge < -0.3 is 0 Å². The van der Waals surface area contributed by atoms with Crippen molar-refractivity contribution in [3.8, 4) is 0 Å². The monoisotopic (exact) mass is 238 g/mol. The summed E-state index contributed by atoms with van der Waals surface area (Å²) in [7, 11) is 0. The average Bonchev–Trinajstić information content (AvgIpc) is 2.76. The van der Waals surface area contributed by atoms with E-state index in [2.05, 4.69) is 16.7 Å². The first-order chi connectivity index (χ1) is 8.40. The van der Waals surface area contributed by atoms with E-state index in [1.165, 1.54) is 84.1 Å². The Morgan fingerprint density at radius 3 is 2.65 bits per heavy atom. The van der Waals surface area contributed by atoms with Crippen LogP contribution in [0, 0.1) is 0 Å². The Labute approximate surface area is 107 Å². The van der Waals surface area contributed by atoms with E-state index in [0.29, 0.717) is 0 Å². The highest BCUT2D eigenvalue weighted by Gasteiger charge is 2.31. The molecule has 2 rings (SSSR count). The summed E-state index contributed by atoms with van der Waals surface area (Å²) < 4.78 is 0. The van der Waals surface area contributed by atoms with Crippen LogP contribution < -0.4 is 0 Å². The lowest BCUT2D eigenvalue weighted by atomic mass is 10.0. The summed E-state index contributed by atoms with van der Waals surface area (Å²) in [6.07, 6.45) is 12.9.